The number of anilines is 1. The molecule has 5 nitrogen and oxygen atoms in total. The highest BCUT2D eigenvalue weighted by atomic mass is 16.5. The number of nitrogen functional groups attached to an aromatic ring is 1. The normalized spacial score (nSPS) is 17.3. The van der Waals surface area contributed by atoms with E-state index in [1.165, 1.54) is 7.11 Å². The summed E-state index contributed by atoms with van der Waals surface area (Å²) in [6.45, 7) is 0.485. The Morgan fingerprint density at radius 2 is 2.44 bits per heavy atom. The van der Waals surface area contributed by atoms with E-state index in [0.29, 0.717) is 23.5 Å². The summed E-state index contributed by atoms with van der Waals surface area (Å²) in [4.78, 5) is 11.9. The molecule has 3 N–H and O–H groups in total. The third-order valence-electron chi connectivity index (χ3n) is 2.75. The molecule has 1 aliphatic heterocycles. The second kappa shape index (κ2) is 5.44. The number of rotatable bonds is 4. The molecule has 1 unspecified atom stereocenters. The summed E-state index contributed by atoms with van der Waals surface area (Å²) in [5, 5.41) is 2.81. The summed E-state index contributed by atoms with van der Waals surface area (Å²) in [7, 11) is 1.52. The SMILES string of the molecule is COc1cc(C(=O)NCC2CC=CO2)ccc1N. The maximum absolute atomic E-state index is 11.9. The first-order valence-corrected chi connectivity index (χ1v) is 5.73. The smallest absolute Gasteiger partial charge is 0.251 e. The molecule has 0 saturated heterocycles. The molecule has 1 heterocycles. The summed E-state index contributed by atoms with van der Waals surface area (Å²) in [6.07, 6.45) is 4.45. The average Bonchev–Trinajstić information content (AvgIpc) is 2.89. The molecule has 96 valence electrons. The quantitative estimate of drug-likeness (QED) is 0.788. The van der Waals surface area contributed by atoms with Gasteiger partial charge in [-0.2, -0.15) is 0 Å². The zero-order valence-corrected chi connectivity index (χ0v) is 10.2. The van der Waals surface area contributed by atoms with Crippen LogP contribution in [0.5, 0.6) is 5.75 Å². The minimum absolute atomic E-state index is 0.0321. The zero-order valence-electron chi connectivity index (χ0n) is 10.2. The summed E-state index contributed by atoms with van der Waals surface area (Å²) in [6, 6.07) is 4.95. The van der Waals surface area contributed by atoms with Crippen LogP contribution >= 0.6 is 0 Å². The van der Waals surface area contributed by atoms with E-state index in [9.17, 15) is 4.79 Å². The van der Waals surface area contributed by atoms with Crippen LogP contribution in [0.3, 0.4) is 0 Å². The van der Waals surface area contributed by atoms with Gasteiger partial charge >= 0.3 is 0 Å². The van der Waals surface area contributed by atoms with Crippen LogP contribution in [0.4, 0.5) is 5.69 Å². The first-order chi connectivity index (χ1) is 8.70. The average molecular weight is 248 g/mol. The van der Waals surface area contributed by atoms with Crippen molar-refractivity contribution < 1.29 is 14.3 Å². The molecule has 1 aliphatic rings. The fraction of sp³-hybridized carbons (Fsp3) is 0.308. The number of nitrogens with one attached hydrogen (secondary N) is 1. The number of amides is 1. The molecule has 1 amide bonds. The summed E-state index contributed by atoms with van der Waals surface area (Å²) in [5.41, 5.74) is 6.72. The van der Waals surface area contributed by atoms with Gasteiger partial charge in [0.2, 0.25) is 0 Å². The van der Waals surface area contributed by atoms with Gasteiger partial charge in [0.25, 0.3) is 5.91 Å². The van der Waals surface area contributed by atoms with E-state index in [1.54, 1.807) is 24.5 Å². The number of hydrogen-bond donors (Lipinski definition) is 2. The van der Waals surface area contributed by atoms with Gasteiger partial charge in [0.05, 0.1) is 25.6 Å². The topological polar surface area (TPSA) is 73.6 Å². The lowest BCUT2D eigenvalue weighted by atomic mass is 10.1. The van der Waals surface area contributed by atoms with Crippen molar-refractivity contribution in [1.82, 2.24) is 5.32 Å². The molecular formula is C13H16N2O3. The Balaban J connectivity index is 1.95. The van der Waals surface area contributed by atoms with E-state index in [-0.39, 0.29) is 12.0 Å². The number of ether oxygens (including phenoxy) is 2. The number of carbonyl (C=O) groups excluding carboxylic acids is 1. The Hall–Kier alpha value is -2.17. The van der Waals surface area contributed by atoms with Crippen LogP contribution in [0, 0.1) is 0 Å². The molecule has 1 atom stereocenters. The largest absolute Gasteiger partial charge is 0.496 e. The highest BCUT2D eigenvalue weighted by Crippen LogP contribution is 2.22. The molecule has 1 aromatic carbocycles. The molecule has 0 fully saturated rings. The first-order valence-electron chi connectivity index (χ1n) is 5.73. The molecule has 0 bridgehead atoms. The zero-order chi connectivity index (χ0) is 13.0. The van der Waals surface area contributed by atoms with Crippen molar-refractivity contribution in [2.75, 3.05) is 19.4 Å². The Morgan fingerprint density at radius 1 is 1.61 bits per heavy atom. The summed E-state index contributed by atoms with van der Waals surface area (Å²) in [5.74, 6) is 0.338. The van der Waals surface area contributed by atoms with Gasteiger partial charge in [-0.25, -0.2) is 0 Å². The third-order valence-corrected chi connectivity index (χ3v) is 2.75. The minimum Gasteiger partial charge on any atom is -0.496 e. The number of hydrogen-bond acceptors (Lipinski definition) is 4. The van der Waals surface area contributed by atoms with Gasteiger partial charge in [-0.1, -0.05) is 0 Å². The van der Waals surface area contributed by atoms with Crippen LogP contribution in [0.15, 0.2) is 30.5 Å². The highest BCUT2D eigenvalue weighted by Gasteiger charge is 2.14. The second-order valence-corrected chi connectivity index (χ2v) is 4.03. The van der Waals surface area contributed by atoms with Crippen LogP contribution in [0.1, 0.15) is 16.8 Å². The molecule has 0 aromatic heterocycles. The van der Waals surface area contributed by atoms with Gasteiger partial charge in [-0.05, 0) is 24.3 Å². The van der Waals surface area contributed by atoms with Gasteiger partial charge in [0.1, 0.15) is 11.9 Å². The summed E-state index contributed by atoms with van der Waals surface area (Å²) < 4.78 is 10.3. The molecule has 0 radical (unpaired) electrons. The lowest BCUT2D eigenvalue weighted by Gasteiger charge is -2.12. The fourth-order valence-electron chi connectivity index (χ4n) is 1.72. The van der Waals surface area contributed by atoms with Crippen LogP contribution in [0.2, 0.25) is 0 Å². The molecular weight excluding hydrogens is 232 g/mol. The van der Waals surface area contributed by atoms with Crippen LogP contribution < -0.4 is 15.8 Å². The molecule has 0 saturated carbocycles. The molecule has 5 heteroatoms. The van der Waals surface area contributed by atoms with E-state index < -0.39 is 0 Å². The van der Waals surface area contributed by atoms with Crippen LogP contribution in [-0.2, 0) is 4.74 Å². The Morgan fingerprint density at radius 3 is 3.11 bits per heavy atom. The van der Waals surface area contributed by atoms with Crippen LogP contribution in [0.25, 0.3) is 0 Å². The summed E-state index contributed by atoms with van der Waals surface area (Å²) >= 11 is 0. The van der Waals surface area contributed by atoms with Crippen molar-refractivity contribution in [2.24, 2.45) is 0 Å². The van der Waals surface area contributed by atoms with E-state index in [2.05, 4.69) is 5.32 Å². The van der Waals surface area contributed by atoms with Gasteiger partial charge in [-0.15, -0.1) is 0 Å². The predicted octanol–water partition coefficient (Wildman–Crippen LogP) is 1.31. The second-order valence-electron chi connectivity index (χ2n) is 4.03. The van der Waals surface area contributed by atoms with E-state index in [1.807, 2.05) is 6.08 Å². The lowest BCUT2D eigenvalue weighted by Crippen LogP contribution is -2.31. The molecule has 18 heavy (non-hydrogen) atoms. The Bertz CT molecular complexity index is 463. The van der Waals surface area contributed by atoms with Crippen molar-refractivity contribution in [1.29, 1.82) is 0 Å². The molecule has 0 spiro atoms. The standard InChI is InChI=1S/C13H16N2O3/c1-17-12-7-9(4-5-11(12)14)13(16)15-8-10-3-2-6-18-10/h2,4-7,10H,3,8,14H2,1H3,(H,15,16). The van der Waals surface area contributed by atoms with Gasteiger partial charge in [-0.3, -0.25) is 4.79 Å². The number of carbonyl (C=O) groups is 1. The number of benzene rings is 1. The molecule has 2 rings (SSSR count). The predicted molar refractivity (Wildman–Crippen MR) is 68.4 cm³/mol. The number of methoxy groups -OCH3 is 1. The fourth-order valence-corrected chi connectivity index (χ4v) is 1.72. The van der Waals surface area contributed by atoms with Crippen molar-refractivity contribution in [2.45, 2.75) is 12.5 Å². The van der Waals surface area contributed by atoms with Crippen molar-refractivity contribution in [3.05, 3.63) is 36.1 Å². The highest BCUT2D eigenvalue weighted by molar-refractivity contribution is 5.95. The maximum atomic E-state index is 11.9. The number of nitrogens with two attached hydrogens (primary N) is 1. The van der Waals surface area contributed by atoms with Crippen molar-refractivity contribution >= 4 is 11.6 Å². The molecule has 0 aliphatic carbocycles. The van der Waals surface area contributed by atoms with E-state index >= 15 is 0 Å². The van der Waals surface area contributed by atoms with Gasteiger partial charge < -0.3 is 20.5 Å². The Labute approximate surface area is 106 Å². The monoisotopic (exact) mass is 248 g/mol. The van der Waals surface area contributed by atoms with E-state index in [4.69, 9.17) is 15.2 Å². The van der Waals surface area contributed by atoms with Gasteiger partial charge in [0.15, 0.2) is 0 Å². The van der Waals surface area contributed by atoms with E-state index in [0.717, 1.165) is 6.42 Å². The maximum Gasteiger partial charge on any atom is 0.251 e. The van der Waals surface area contributed by atoms with Gasteiger partial charge in [0, 0.05) is 12.0 Å². The third kappa shape index (κ3) is 2.74. The van der Waals surface area contributed by atoms with Crippen molar-refractivity contribution in [3.63, 3.8) is 0 Å². The van der Waals surface area contributed by atoms with Crippen LogP contribution in [-0.4, -0.2) is 25.7 Å². The van der Waals surface area contributed by atoms with Crippen molar-refractivity contribution in [3.8, 4) is 5.75 Å². The minimum atomic E-state index is -0.163. The Kier molecular flexibility index (Phi) is 3.72. The molecule has 1 aromatic rings. The lowest BCUT2D eigenvalue weighted by molar-refractivity contribution is 0.0917. The first kappa shape index (κ1) is 12.3.